The maximum atomic E-state index is 3.59. The predicted octanol–water partition coefficient (Wildman–Crippen LogP) is 3.87. The van der Waals surface area contributed by atoms with E-state index < -0.39 is 0 Å². The van der Waals surface area contributed by atoms with Crippen molar-refractivity contribution in [3.63, 3.8) is 0 Å². The molecule has 0 aliphatic heterocycles. The van der Waals surface area contributed by atoms with Crippen LogP contribution in [0.4, 0.5) is 0 Å². The first kappa shape index (κ1) is 12.1. The van der Waals surface area contributed by atoms with Crippen molar-refractivity contribution >= 4 is 15.9 Å². The molecule has 0 saturated heterocycles. The number of aryl methyl sites for hydroxylation is 1. The van der Waals surface area contributed by atoms with E-state index in [1.807, 2.05) is 0 Å². The summed E-state index contributed by atoms with van der Waals surface area (Å²) in [6.07, 6.45) is 3.83. The van der Waals surface area contributed by atoms with Crippen molar-refractivity contribution in [2.24, 2.45) is 0 Å². The van der Waals surface area contributed by atoms with E-state index in [4.69, 9.17) is 0 Å². The molecule has 88 valence electrons. The molecule has 1 atom stereocenters. The molecule has 16 heavy (non-hydrogen) atoms. The highest BCUT2D eigenvalue weighted by Gasteiger charge is 2.32. The third-order valence-electron chi connectivity index (χ3n) is 3.94. The van der Waals surface area contributed by atoms with Crippen LogP contribution in [0, 0.1) is 0 Å². The minimum absolute atomic E-state index is 0.177. The van der Waals surface area contributed by atoms with Gasteiger partial charge in [-0.15, -0.1) is 0 Å². The summed E-state index contributed by atoms with van der Waals surface area (Å²) in [5.74, 6) is 0.624. The van der Waals surface area contributed by atoms with E-state index in [-0.39, 0.29) is 5.54 Å². The Morgan fingerprint density at radius 2 is 2.12 bits per heavy atom. The fraction of sp³-hybridized carbons (Fsp3) is 0.571. The number of likely N-dealkylation sites (N-methyl/N-ethyl adjacent to an activating group) is 1. The van der Waals surface area contributed by atoms with Gasteiger partial charge in [0.1, 0.15) is 0 Å². The number of hydrogen-bond donors (Lipinski definition) is 1. The summed E-state index contributed by atoms with van der Waals surface area (Å²) < 4.78 is 1.20. The SMILES string of the molecule is CNC(C)(C)C1CCCc2ccc(Br)cc21. The molecule has 1 aliphatic rings. The van der Waals surface area contributed by atoms with Crippen LogP contribution in [0.25, 0.3) is 0 Å². The topological polar surface area (TPSA) is 12.0 Å². The van der Waals surface area contributed by atoms with Gasteiger partial charge in [-0.25, -0.2) is 0 Å². The van der Waals surface area contributed by atoms with Crippen LogP contribution in [-0.2, 0) is 6.42 Å². The molecule has 0 saturated carbocycles. The van der Waals surface area contributed by atoms with Gasteiger partial charge in [-0.1, -0.05) is 22.0 Å². The zero-order chi connectivity index (χ0) is 11.8. The highest BCUT2D eigenvalue weighted by molar-refractivity contribution is 9.10. The lowest BCUT2D eigenvalue weighted by atomic mass is 9.73. The Morgan fingerprint density at radius 1 is 1.38 bits per heavy atom. The van der Waals surface area contributed by atoms with Crippen molar-refractivity contribution in [3.05, 3.63) is 33.8 Å². The summed E-state index contributed by atoms with van der Waals surface area (Å²) in [6, 6.07) is 6.74. The largest absolute Gasteiger partial charge is 0.314 e. The number of fused-ring (bicyclic) bond motifs is 1. The molecule has 0 aromatic heterocycles. The summed E-state index contributed by atoms with van der Waals surface area (Å²) in [5, 5.41) is 3.46. The van der Waals surface area contributed by atoms with E-state index in [1.165, 1.54) is 34.9 Å². The molecule has 0 heterocycles. The lowest BCUT2D eigenvalue weighted by Crippen LogP contribution is -2.43. The summed E-state index contributed by atoms with van der Waals surface area (Å²) in [4.78, 5) is 0. The van der Waals surface area contributed by atoms with Gasteiger partial charge >= 0.3 is 0 Å². The molecule has 0 radical (unpaired) electrons. The van der Waals surface area contributed by atoms with Crippen LogP contribution in [0.15, 0.2) is 22.7 Å². The fourth-order valence-corrected chi connectivity index (χ4v) is 3.07. The molecule has 1 aliphatic carbocycles. The first-order chi connectivity index (χ1) is 7.54. The van der Waals surface area contributed by atoms with Crippen LogP contribution in [-0.4, -0.2) is 12.6 Å². The number of hydrogen-bond acceptors (Lipinski definition) is 1. The second kappa shape index (κ2) is 4.50. The third-order valence-corrected chi connectivity index (χ3v) is 4.43. The Hall–Kier alpha value is -0.340. The quantitative estimate of drug-likeness (QED) is 0.868. The molecule has 1 aromatic rings. The van der Waals surface area contributed by atoms with Gasteiger partial charge in [-0.05, 0) is 63.4 Å². The normalized spacial score (nSPS) is 20.6. The van der Waals surface area contributed by atoms with Gasteiger partial charge in [-0.3, -0.25) is 0 Å². The van der Waals surface area contributed by atoms with Gasteiger partial charge in [-0.2, -0.15) is 0 Å². The Bertz CT molecular complexity index is 384. The first-order valence-electron chi connectivity index (χ1n) is 6.02. The Balaban J connectivity index is 2.43. The van der Waals surface area contributed by atoms with Crippen LogP contribution < -0.4 is 5.32 Å². The third kappa shape index (κ3) is 2.18. The summed E-state index contributed by atoms with van der Waals surface area (Å²) in [5.41, 5.74) is 3.23. The van der Waals surface area contributed by atoms with Gasteiger partial charge in [0.15, 0.2) is 0 Å². The van der Waals surface area contributed by atoms with E-state index in [1.54, 1.807) is 0 Å². The van der Waals surface area contributed by atoms with Gasteiger partial charge in [0.05, 0.1) is 0 Å². The number of halogens is 1. The van der Waals surface area contributed by atoms with E-state index in [0.29, 0.717) is 5.92 Å². The average Bonchev–Trinajstić information content (AvgIpc) is 2.28. The number of nitrogens with one attached hydrogen (secondary N) is 1. The summed E-state index contributed by atoms with van der Waals surface area (Å²) in [7, 11) is 2.06. The molecule has 1 nitrogen and oxygen atoms in total. The van der Waals surface area contributed by atoms with Gasteiger partial charge in [0.2, 0.25) is 0 Å². The van der Waals surface area contributed by atoms with Gasteiger partial charge in [0, 0.05) is 15.9 Å². The number of rotatable bonds is 2. The molecular weight excluding hydrogens is 262 g/mol. The highest BCUT2D eigenvalue weighted by Crippen LogP contribution is 2.39. The van der Waals surface area contributed by atoms with Crippen molar-refractivity contribution in [1.29, 1.82) is 0 Å². The minimum Gasteiger partial charge on any atom is -0.314 e. The zero-order valence-electron chi connectivity index (χ0n) is 10.3. The Labute approximate surface area is 107 Å². The van der Waals surface area contributed by atoms with Crippen molar-refractivity contribution in [1.82, 2.24) is 5.32 Å². The van der Waals surface area contributed by atoms with Crippen LogP contribution in [0.3, 0.4) is 0 Å². The molecule has 0 spiro atoms. The summed E-state index contributed by atoms with van der Waals surface area (Å²) in [6.45, 7) is 4.60. The molecule has 0 bridgehead atoms. The highest BCUT2D eigenvalue weighted by atomic mass is 79.9. The maximum absolute atomic E-state index is 3.59. The second-order valence-corrected chi connectivity index (χ2v) is 6.18. The van der Waals surface area contributed by atoms with Crippen LogP contribution in [0.2, 0.25) is 0 Å². The lowest BCUT2D eigenvalue weighted by Gasteiger charge is -2.38. The van der Waals surface area contributed by atoms with Gasteiger partial charge < -0.3 is 5.32 Å². The predicted molar refractivity (Wildman–Crippen MR) is 73.0 cm³/mol. The van der Waals surface area contributed by atoms with E-state index >= 15 is 0 Å². The Kier molecular flexibility index (Phi) is 3.41. The van der Waals surface area contributed by atoms with Crippen LogP contribution >= 0.6 is 15.9 Å². The van der Waals surface area contributed by atoms with E-state index in [0.717, 1.165) is 0 Å². The summed E-state index contributed by atoms with van der Waals surface area (Å²) >= 11 is 3.59. The van der Waals surface area contributed by atoms with Crippen molar-refractivity contribution < 1.29 is 0 Å². The van der Waals surface area contributed by atoms with Crippen LogP contribution in [0.5, 0.6) is 0 Å². The second-order valence-electron chi connectivity index (χ2n) is 5.26. The maximum Gasteiger partial charge on any atom is 0.0190 e. The lowest BCUT2D eigenvalue weighted by molar-refractivity contribution is 0.312. The standard InChI is InChI=1S/C14H20BrN/c1-14(2,16-3)13-6-4-5-10-7-8-11(15)9-12(10)13/h7-9,13,16H,4-6H2,1-3H3. The minimum atomic E-state index is 0.177. The molecule has 1 aromatic carbocycles. The Morgan fingerprint density at radius 3 is 2.81 bits per heavy atom. The molecule has 0 amide bonds. The molecule has 2 heteroatoms. The van der Waals surface area contributed by atoms with Crippen molar-refractivity contribution in [3.8, 4) is 0 Å². The van der Waals surface area contributed by atoms with Crippen LogP contribution in [0.1, 0.15) is 43.7 Å². The fourth-order valence-electron chi connectivity index (χ4n) is 2.69. The first-order valence-corrected chi connectivity index (χ1v) is 6.81. The zero-order valence-corrected chi connectivity index (χ0v) is 11.9. The van der Waals surface area contributed by atoms with E-state index in [2.05, 4.69) is 60.3 Å². The van der Waals surface area contributed by atoms with Gasteiger partial charge in [0.25, 0.3) is 0 Å². The van der Waals surface area contributed by atoms with Crippen molar-refractivity contribution in [2.75, 3.05) is 7.05 Å². The smallest absolute Gasteiger partial charge is 0.0190 e. The molecule has 1 N–H and O–H groups in total. The molecule has 2 rings (SSSR count). The molecule has 0 fully saturated rings. The monoisotopic (exact) mass is 281 g/mol. The van der Waals surface area contributed by atoms with E-state index in [9.17, 15) is 0 Å². The number of benzene rings is 1. The van der Waals surface area contributed by atoms with Crippen molar-refractivity contribution in [2.45, 2.75) is 44.6 Å². The molecule has 1 unspecified atom stereocenters. The molecular formula is C14H20BrN. The average molecular weight is 282 g/mol.